The van der Waals surface area contributed by atoms with E-state index >= 15 is 0 Å². The zero-order valence-electron chi connectivity index (χ0n) is 16.1. The van der Waals surface area contributed by atoms with Crippen LogP contribution in [0.2, 0.25) is 0 Å². The second-order valence-corrected chi connectivity index (χ2v) is 7.25. The van der Waals surface area contributed by atoms with Crippen LogP contribution in [0.1, 0.15) is 36.0 Å². The van der Waals surface area contributed by atoms with Crippen LogP contribution in [0.15, 0.2) is 65.2 Å². The fourth-order valence-corrected chi connectivity index (χ4v) is 3.55. The summed E-state index contributed by atoms with van der Waals surface area (Å²) >= 11 is 0. The number of amides is 1. The molecule has 1 aromatic heterocycles. The van der Waals surface area contributed by atoms with Crippen molar-refractivity contribution in [1.29, 1.82) is 0 Å². The first-order valence-corrected chi connectivity index (χ1v) is 9.82. The molecule has 0 spiro atoms. The molecule has 2 heterocycles. The summed E-state index contributed by atoms with van der Waals surface area (Å²) in [6.45, 7) is 1.32. The lowest BCUT2D eigenvalue weighted by Crippen LogP contribution is -2.41. The number of hydrogen-bond donors (Lipinski definition) is 0. The second-order valence-electron chi connectivity index (χ2n) is 7.25. The van der Waals surface area contributed by atoms with Gasteiger partial charge in [0.2, 0.25) is 0 Å². The van der Waals surface area contributed by atoms with Crippen LogP contribution in [-0.4, -0.2) is 35.5 Å². The van der Waals surface area contributed by atoms with Crippen molar-refractivity contribution in [2.24, 2.45) is 0 Å². The third kappa shape index (κ3) is 5.02. The number of likely N-dealkylation sites (tertiary alicyclic amines) is 1. The highest BCUT2D eigenvalue weighted by molar-refractivity contribution is 5.78. The van der Waals surface area contributed by atoms with Crippen molar-refractivity contribution in [2.75, 3.05) is 19.7 Å². The Morgan fingerprint density at radius 2 is 1.97 bits per heavy atom. The standard InChI is InChI=1S/C23H23FN2O3/c24-19-10-8-17(9-11-19)13-21-14-25-23(29-21)18-5-4-12-26(15-18)22(27)16-28-20-6-2-1-3-7-20/h1-3,6-11,14,18H,4-5,12-13,15-16H2/t18-/m1/s1. The van der Waals surface area contributed by atoms with E-state index in [1.54, 1.807) is 18.3 Å². The number of piperidine rings is 1. The number of oxazole rings is 1. The first-order chi connectivity index (χ1) is 14.2. The van der Waals surface area contributed by atoms with Gasteiger partial charge in [0.15, 0.2) is 12.5 Å². The van der Waals surface area contributed by atoms with Crippen molar-refractivity contribution in [3.63, 3.8) is 0 Å². The summed E-state index contributed by atoms with van der Waals surface area (Å²) in [5.41, 5.74) is 0.965. The molecular formula is C23H23FN2O3. The molecule has 0 saturated carbocycles. The molecule has 0 unspecified atom stereocenters. The van der Waals surface area contributed by atoms with Gasteiger partial charge >= 0.3 is 0 Å². The van der Waals surface area contributed by atoms with E-state index in [1.165, 1.54) is 12.1 Å². The summed E-state index contributed by atoms with van der Waals surface area (Å²) in [6.07, 6.45) is 4.11. The monoisotopic (exact) mass is 394 g/mol. The van der Waals surface area contributed by atoms with Crippen molar-refractivity contribution >= 4 is 5.91 Å². The highest BCUT2D eigenvalue weighted by Gasteiger charge is 2.28. The molecule has 1 aliphatic rings. The Morgan fingerprint density at radius 1 is 1.17 bits per heavy atom. The summed E-state index contributed by atoms with van der Waals surface area (Å²) in [7, 11) is 0. The minimum Gasteiger partial charge on any atom is -0.484 e. The molecule has 1 fully saturated rings. The SMILES string of the molecule is O=C(COc1ccccc1)N1CCC[C@@H](c2ncc(Cc3ccc(F)cc3)o2)C1. The maximum Gasteiger partial charge on any atom is 0.260 e. The van der Waals surface area contributed by atoms with Gasteiger partial charge in [0.1, 0.15) is 17.3 Å². The maximum atomic E-state index is 13.0. The van der Waals surface area contributed by atoms with Crippen LogP contribution in [0.5, 0.6) is 5.75 Å². The van der Waals surface area contributed by atoms with Crippen molar-refractivity contribution in [3.05, 3.63) is 83.8 Å². The summed E-state index contributed by atoms with van der Waals surface area (Å²) in [5, 5.41) is 0. The fraction of sp³-hybridized carbons (Fsp3) is 0.304. The molecule has 29 heavy (non-hydrogen) atoms. The van der Waals surface area contributed by atoms with E-state index in [2.05, 4.69) is 4.98 Å². The van der Waals surface area contributed by atoms with Gasteiger partial charge in [-0.15, -0.1) is 0 Å². The molecule has 2 aromatic carbocycles. The van der Waals surface area contributed by atoms with E-state index in [4.69, 9.17) is 9.15 Å². The van der Waals surface area contributed by atoms with E-state index in [1.807, 2.05) is 35.2 Å². The number of rotatable bonds is 6. The van der Waals surface area contributed by atoms with Crippen LogP contribution in [0.4, 0.5) is 4.39 Å². The third-order valence-electron chi connectivity index (χ3n) is 5.09. The minimum absolute atomic E-state index is 0.0259. The Bertz CT molecular complexity index is 940. The van der Waals surface area contributed by atoms with Crippen LogP contribution < -0.4 is 4.74 Å². The molecule has 1 saturated heterocycles. The number of carbonyl (C=O) groups is 1. The molecule has 150 valence electrons. The lowest BCUT2D eigenvalue weighted by Gasteiger charge is -2.31. The summed E-state index contributed by atoms with van der Waals surface area (Å²) in [4.78, 5) is 18.8. The summed E-state index contributed by atoms with van der Waals surface area (Å²) < 4.78 is 24.6. The summed E-state index contributed by atoms with van der Waals surface area (Å²) in [6, 6.07) is 15.7. The lowest BCUT2D eigenvalue weighted by molar-refractivity contribution is -0.134. The summed E-state index contributed by atoms with van der Waals surface area (Å²) in [5.74, 6) is 1.87. The molecular weight excluding hydrogens is 371 g/mol. The number of aromatic nitrogens is 1. The van der Waals surface area contributed by atoms with Gasteiger partial charge in [-0.25, -0.2) is 9.37 Å². The molecule has 0 N–H and O–H groups in total. The molecule has 0 radical (unpaired) electrons. The Labute approximate surface area is 169 Å². The number of benzene rings is 2. The number of carbonyl (C=O) groups excluding carboxylic acids is 1. The molecule has 1 aliphatic heterocycles. The third-order valence-corrected chi connectivity index (χ3v) is 5.09. The molecule has 5 nitrogen and oxygen atoms in total. The molecule has 1 amide bonds. The molecule has 3 aromatic rings. The molecule has 4 rings (SSSR count). The first-order valence-electron chi connectivity index (χ1n) is 9.82. The highest BCUT2D eigenvalue weighted by Crippen LogP contribution is 2.27. The van der Waals surface area contributed by atoms with Crippen molar-refractivity contribution in [2.45, 2.75) is 25.2 Å². The van der Waals surface area contributed by atoms with Crippen molar-refractivity contribution < 1.29 is 18.3 Å². The van der Waals surface area contributed by atoms with E-state index in [-0.39, 0.29) is 24.2 Å². The first kappa shape index (κ1) is 19.2. The van der Waals surface area contributed by atoms with E-state index < -0.39 is 0 Å². The molecule has 6 heteroatoms. The van der Waals surface area contributed by atoms with Crippen LogP contribution in [0.3, 0.4) is 0 Å². The van der Waals surface area contributed by atoms with Crippen LogP contribution in [0, 0.1) is 5.82 Å². The van der Waals surface area contributed by atoms with E-state index in [0.29, 0.717) is 24.6 Å². The van der Waals surface area contributed by atoms with Gasteiger partial charge in [0, 0.05) is 19.5 Å². The average Bonchev–Trinajstić information content (AvgIpc) is 3.23. The van der Waals surface area contributed by atoms with Gasteiger partial charge in [-0.2, -0.15) is 0 Å². The van der Waals surface area contributed by atoms with Gasteiger partial charge in [-0.3, -0.25) is 4.79 Å². The predicted octanol–water partition coefficient (Wildman–Crippen LogP) is 4.19. The van der Waals surface area contributed by atoms with Crippen LogP contribution in [-0.2, 0) is 11.2 Å². The maximum absolute atomic E-state index is 13.0. The Hall–Kier alpha value is -3.15. The van der Waals surface area contributed by atoms with Gasteiger partial charge in [0.25, 0.3) is 5.91 Å². The minimum atomic E-state index is -0.254. The average molecular weight is 394 g/mol. The van der Waals surface area contributed by atoms with Crippen molar-refractivity contribution in [3.8, 4) is 5.75 Å². The lowest BCUT2D eigenvalue weighted by atomic mass is 9.98. The molecule has 0 bridgehead atoms. The Kier molecular flexibility index (Phi) is 5.89. The fourth-order valence-electron chi connectivity index (χ4n) is 3.55. The molecule has 0 aliphatic carbocycles. The zero-order chi connectivity index (χ0) is 20.1. The van der Waals surface area contributed by atoms with E-state index in [9.17, 15) is 9.18 Å². The number of ether oxygens (including phenoxy) is 1. The predicted molar refractivity (Wildman–Crippen MR) is 106 cm³/mol. The number of nitrogens with zero attached hydrogens (tertiary/aromatic N) is 2. The van der Waals surface area contributed by atoms with Crippen molar-refractivity contribution in [1.82, 2.24) is 9.88 Å². The van der Waals surface area contributed by atoms with E-state index in [0.717, 1.165) is 30.7 Å². The quantitative estimate of drug-likeness (QED) is 0.629. The van der Waals surface area contributed by atoms with Gasteiger partial charge in [0.05, 0.1) is 12.1 Å². The van der Waals surface area contributed by atoms with Gasteiger partial charge in [-0.05, 0) is 42.7 Å². The zero-order valence-corrected chi connectivity index (χ0v) is 16.1. The normalized spacial score (nSPS) is 16.6. The second kappa shape index (κ2) is 8.90. The van der Waals surface area contributed by atoms with Crippen LogP contribution in [0.25, 0.3) is 0 Å². The Balaban J connectivity index is 1.34. The van der Waals surface area contributed by atoms with Gasteiger partial charge < -0.3 is 14.1 Å². The number of halogens is 1. The molecule has 1 atom stereocenters. The highest BCUT2D eigenvalue weighted by atomic mass is 19.1. The largest absolute Gasteiger partial charge is 0.484 e. The smallest absolute Gasteiger partial charge is 0.260 e. The number of para-hydroxylation sites is 1. The van der Waals surface area contributed by atoms with Gasteiger partial charge in [-0.1, -0.05) is 30.3 Å². The Morgan fingerprint density at radius 3 is 2.76 bits per heavy atom. The van der Waals surface area contributed by atoms with Crippen LogP contribution >= 0.6 is 0 Å². The number of hydrogen-bond acceptors (Lipinski definition) is 4. The topological polar surface area (TPSA) is 55.6 Å².